The average Bonchev–Trinajstić information content (AvgIpc) is 3.47. The summed E-state index contributed by atoms with van der Waals surface area (Å²) in [6, 6.07) is 8.52. The second-order valence-corrected chi connectivity index (χ2v) is 11.7. The van der Waals surface area contributed by atoms with Gasteiger partial charge in [-0.15, -0.1) is 10.2 Å². The Hall–Kier alpha value is -3.40. The fraction of sp³-hybridized carbons (Fsp3) is 0.500. The highest BCUT2D eigenvalue weighted by atomic mass is 19.4. The SMILES string of the molecule is C[C@H]1CCCN([C@H](C)c2cc(C(F)(F)F)c3cn(-c4cccc([C@H](c5nncn5C)C5CCC5)c4)c(=O)n3c2)C1. The minimum atomic E-state index is -4.60. The molecule has 1 aromatic carbocycles. The molecule has 6 rings (SSSR count). The average molecular weight is 553 g/mol. The van der Waals surface area contributed by atoms with E-state index in [1.54, 1.807) is 18.6 Å². The van der Waals surface area contributed by atoms with E-state index in [-0.39, 0.29) is 17.5 Å². The Labute approximate surface area is 231 Å². The Morgan fingerprint density at radius 2 is 1.85 bits per heavy atom. The molecule has 4 aromatic rings. The number of pyridine rings is 1. The second kappa shape index (κ2) is 10.2. The standard InChI is InChI=1S/C30H35F3N6O/c1-19-7-6-12-37(15-19)20(2)23-14-25(30(31,32)33)26-17-38(29(40)39(26)16-23)24-11-5-10-22(13-24)27(21-8-4-9-21)28-35-34-18-36(28)3/h5,10-11,13-14,16-21,27H,4,6-9,12,15H2,1-3H3/t19-,20+,27+/m0/s1. The molecule has 2 fully saturated rings. The van der Waals surface area contributed by atoms with Gasteiger partial charge in [-0.1, -0.05) is 25.5 Å². The minimum Gasteiger partial charge on any atom is -0.320 e. The summed E-state index contributed by atoms with van der Waals surface area (Å²) in [5.41, 5.74) is 0.553. The first-order valence-electron chi connectivity index (χ1n) is 14.1. The molecule has 0 amide bonds. The van der Waals surface area contributed by atoms with Crippen LogP contribution in [0.2, 0.25) is 0 Å². The number of imidazole rings is 1. The summed E-state index contributed by atoms with van der Waals surface area (Å²) in [5, 5.41) is 8.44. The summed E-state index contributed by atoms with van der Waals surface area (Å²) < 4.78 is 47.5. The molecule has 212 valence electrons. The van der Waals surface area contributed by atoms with Gasteiger partial charge in [0.15, 0.2) is 0 Å². The third-order valence-electron chi connectivity index (χ3n) is 8.97. The lowest BCUT2D eigenvalue weighted by Crippen LogP contribution is -2.36. The zero-order valence-electron chi connectivity index (χ0n) is 23.1. The number of nitrogens with zero attached hydrogens (tertiary/aromatic N) is 6. The van der Waals surface area contributed by atoms with Crippen molar-refractivity contribution in [2.45, 2.75) is 64.1 Å². The van der Waals surface area contributed by atoms with E-state index in [9.17, 15) is 18.0 Å². The zero-order valence-corrected chi connectivity index (χ0v) is 23.1. The Bertz CT molecular complexity index is 1580. The van der Waals surface area contributed by atoms with E-state index in [1.165, 1.54) is 21.2 Å². The molecule has 0 spiro atoms. The fourth-order valence-electron chi connectivity index (χ4n) is 6.49. The van der Waals surface area contributed by atoms with Gasteiger partial charge in [-0.2, -0.15) is 13.2 Å². The molecule has 3 aromatic heterocycles. The van der Waals surface area contributed by atoms with E-state index in [0.29, 0.717) is 23.1 Å². The van der Waals surface area contributed by atoms with Gasteiger partial charge < -0.3 is 4.57 Å². The van der Waals surface area contributed by atoms with Crippen LogP contribution in [0, 0.1) is 11.8 Å². The van der Waals surface area contributed by atoms with E-state index in [4.69, 9.17) is 0 Å². The molecule has 40 heavy (non-hydrogen) atoms. The molecule has 10 heteroatoms. The van der Waals surface area contributed by atoms with E-state index < -0.39 is 17.4 Å². The Morgan fingerprint density at radius 3 is 2.50 bits per heavy atom. The Morgan fingerprint density at radius 1 is 1.05 bits per heavy atom. The van der Waals surface area contributed by atoms with E-state index in [0.717, 1.165) is 56.6 Å². The molecule has 1 saturated carbocycles. The maximum absolute atomic E-state index is 14.4. The van der Waals surface area contributed by atoms with Gasteiger partial charge in [0.1, 0.15) is 12.2 Å². The quantitative estimate of drug-likeness (QED) is 0.296. The first-order chi connectivity index (χ1) is 19.1. The number of hydrogen-bond acceptors (Lipinski definition) is 4. The van der Waals surface area contributed by atoms with Crippen LogP contribution in [-0.4, -0.2) is 41.7 Å². The van der Waals surface area contributed by atoms with E-state index >= 15 is 0 Å². The van der Waals surface area contributed by atoms with Gasteiger partial charge in [0, 0.05) is 37.9 Å². The summed E-state index contributed by atoms with van der Waals surface area (Å²) in [4.78, 5) is 15.9. The molecule has 0 N–H and O–H groups in total. The first kappa shape index (κ1) is 26.8. The molecule has 7 nitrogen and oxygen atoms in total. The maximum atomic E-state index is 14.4. The number of benzene rings is 1. The van der Waals surface area contributed by atoms with Gasteiger partial charge in [0.2, 0.25) is 0 Å². The number of rotatable bonds is 6. The molecule has 0 radical (unpaired) electrons. The highest BCUT2D eigenvalue weighted by molar-refractivity contribution is 5.58. The zero-order chi connectivity index (χ0) is 28.2. The number of aryl methyl sites for hydroxylation is 1. The van der Waals surface area contributed by atoms with Gasteiger partial charge in [-0.25, -0.2) is 4.79 Å². The molecule has 1 saturated heterocycles. The van der Waals surface area contributed by atoms with Crippen molar-refractivity contribution in [2.75, 3.05) is 13.1 Å². The summed E-state index contributed by atoms with van der Waals surface area (Å²) in [6.45, 7) is 5.76. The van der Waals surface area contributed by atoms with Crippen molar-refractivity contribution < 1.29 is 13.2 Å². The predicted molar refractivity (Wildman–Crippen MR) is 147 cm³/mol. The van der Waals surface area contributed by atoms with Crippen molar-refractivity contribution in [1.29, 1.82) is 0 Å². The van der Waals surface area contributed by atoms with Crippen LogP contribution < -0.4 is 5.69 Å². The van der Waals surface area contributed by atoms with Gasteiger partial charge in [0.25, 0.3) is 0 Å². The molecule has 3 atom stereocenters. The predicted octanol–water partition coefficient (Wildman–Crippen LogP) is 5.96. The summed E-state index contributed by atoms with van der Waals surface area (Å²) in [5.74, 6) is 1.74. The van der Waals surface area contributed by atoms with Crippen LogP contribution in [0.3, 0.4) is 0 Å². The lowest BCUT2D eigenvalue weighted by atomic mass is 9.72. The highest BCUT2D eigenvalue weighted by Gasteiger charge is 2.36. The molecule has 1 aliphatic heterocycles. The van der Waals surface area contributed by atoms with E-state index in [2.05, 4.69) is 22.0 Å². The summed E-state index contributed by atoms with van der Waals surface area (Å²) >= 11 is 0. The molecule has 0 unspecified atom stereocenters. The Kier molecular flexibility index (Phi) is 6.84. The number of hydrogen-bond donors (Lipinski definition) is 0. The van der Waals surface area contributed by atoms with Crippen molar-refractivity contribution >= 4 is 5.52 Å². The monoisotopic (exact) mass is 552 g/mol. The number of fused-ring (bicyclic) bond motifs is 1. The highest BCUT2D eigenvalue weighted by Crippen LogP contribution is 2.43. The maximum Gasteiger partial charge on any atom is 0.418 e. The number of alkyl halides is 3. The van der Waals surface area contributed by atoms with Gasteiger partial charge in [-0.3, -0.25) is 13.9 Å². The van der Waals surface area contributed by atoms with Crippen LogP contribution in [0.5, 0.6) is 0 Å². The van der Waals surface area contributed by atoms with Crippen LogP contribution in [0.4, 0.5) is 13.2 Å². The van der Waals surface area contributed by atoms with Crippen molar-refractivity contribution in [3.05, 3.63) is 82.1 Å². The van der Waals surface area contributed by atoms with Gasteiger partial charge >= 0.3 is 11.9 Å². The third-order valence-corrected chi connectivity index (χ3v) is 8.97. The molecular formula is C30H35F3N6O. The van der Waals surface area contributed by atoms with Crippen LogP contribution in [0.1, 0.15) is 80.4 Å². The lowest BCUT2D eigenvalue weighted by Gasteiger charge is -2.36. The minimum absolute atomic E-state index is 0.000874. The summed E-state index contributed by atoms with van der Waals surface area (Å²) in [7, 11) is 1.91. The number of piperidine rings is 1. The van der Waals surface area contributed by atoms with Crippen molar-refractivity contribution in [3.63, 3.8) is 0 Å². The fourth-order valence-corrected chi connectivity index (χ4v) is 6.49. The second-order valence-electron chi connectivity index (χ2n) is 11.7. The van der Waals surface area contributed by atoms with Crippen LogP contribution in [0.15, 0.2) is 53.8 Å². The van der Waals surface area contributed by atoms with Gasteiger partial charge in [-0.05, 0) is 80.3 Å². The van der Waals surface area contributed by atoms with E-state index in [1.807, 2.05) is 36.7 Å². The largest absolute Gasteiger partial charge is 0.418 e. The third kappa shape index (κ3) is 4.76. The topological polar surface area (TPSA) is 60.4 Å². The van der Waals surface area contributed by atoms with Crippen LogP contribution in [0.25, 0.3) is 11.2 Å². The molecule has 0 bridgehead atoms. The number of halogens is 3. The Balaban J connectivity index is 1.45. The number of likely N-dealkylation sites (tertiary alicyclic amines) is 1. The molecule has 4 heterocycles. The van der Waals surface area contributed by atoms with Crippen molar-refractivity contribution in [2.24, 2.45) is 18.9 Å². The van der Waals surface area contributed by atoms with Crippen LogP contribution in [-0.2, 0) is 13.2 Å². The number of aromatic nitrogens is 5. The smallest absolute Gasteiger partial charge is 0.320 e. The normalized spacial score (nSPS) is 20.5. The molecular weight excluding hydrogens is 517 g/mol. The van der Waals surface area contributed by atoms with Crippen molar-refractivity contribution in [3.8, 4) is 5.69 Å². The van der Waals surface area contributed by atoms with Gasteiger partial charge in [0.05, 0.1) is 16.8 Å². The summed E-state index contributed by atoms with van der Waals surface area (Å²) in [6.07, 6.45) is 5.43. The molecule has 1 aliphatic carbocycles. The first-order valence-corrected chi connectivity index (χ1v) is 14.1. The van der Waals surface area contributed by atoms with Crippen molar-refractivity contribution in [1.82, 2.24) is 28.6 Å². The van der Waals surface area contributed by atoms with Crippen LogP contribution >= 0.6 is 0 Å². The lowest BCUT2D eigenvalue weighted by molar-refractivity contribution is -0.136. The molecule has 2 aliphatic rings.